The van der Waals surface area contributed by atoms with Crippen LogP contribution in [0.5, 0.6) is 0 Å². The highest BCUT2D eigenvalue weighted by Gasteiger charge is 2.18. The standard InChI is InChI=1S/C13H19N5O3/c1-3-15-11(19)8-18(4-2)13(20)10-6-5-9(7-16-10)12(14)17-21/h5-7,21H,3-4,8H2,1-2H3,(H2,14,17)(H,15,19). The maximum absolute atomic E-state index is 12.2. The molecule has 0 fully saturated rings. The Bertz CT molecular complexity index is 527. The van der Waals surface area contributed by atoms with Crippen LogP contribution in [-0.4, -0.2) is 52.4 Å². The van der Waals surface area contributed by atoms with Gasteiger partial charge in [0, 0.05) is 24.8 Å². The Morgan fingerprint density at radius 2 is 2.14 bits per heavy atom. The van der Waals surface area contributed by atoms with Crippen LogP contribution < -0.4 is 11.1 Å². The number of oxime groups is 1. The molecule has 0 saturated carbocycles. The Kier molecular flexibility index (Phi) is 6.12. The van der Waals surface area contributed by atoms with Crippen LogP contribution in [-0.2, 0) is 4.79 Å². The number of rotatable bonds is 6. The number of aromatic nitrogens is 1. The predicted octanol–water partition coefficient (Wildman–Crippen LogP) is -0.226. The average Bonchev–Trinajstić information content (AvgIpc) is 2.51. The molecule has 0 radical (unpaired) electrons. The van der Waals surface area contributed by atoms with Crippen molar-refractivity contribution in [3.8, 4) is 0 Å². The summed E-state index contributed by atoms with van der Waals surface area (Å²) in [7, 11) is 0. The van der Waals surface area contributed by atoms with Gasteiger partial charge >= 0.3 is 0 Å². The minimum absolute atomic E-state index is 0.0210. The number of amides is 2. The van der Waals surface area contributed by atoms with Crippen molar-refractivity contribution in [1.29, 1.82) is 0 Å². The molecular weight excluding hydrogens is 274 g/mol. The van der Waals surface area contributed by atoms with Crippen molar-refractivity contribution < 1.29 is 14.8 Å². The van der Waals surface area contributed by atoms with Crippen LogP contribution in [0.15, 0.2) is 23.5 Å². The summed E-state index contributed by atoms with van der Waals surface area (Å²) in [6.45, 7) is 4.47. The first-order valence-electron chi connectivity index (χ1n) is 6.53. The van der Waals surface area contributed by atoms with Gasteiger partial charge in [0.1, 0.15) is 5.69 Å². The first kappa shape index (κ1) is 16.4. The maximum atomic E-state index is 12.2. The molecule has 8 heteroatoms. The van der Waals surface area contributed by atoms with Crippen LogP contribution >= 0.6 is 0 Å². The fourth-order valence-corrected chi connectivity index (χ4v) is 1.65. The summed E-state index contributed by atoms with van der Waals surface area (Å²) in [5.41, 5.74) is 6.01. The molecule has 0 unspecified atom stereocenters. The molecule has 21 heavy (non-hydrogen) atoms. The topological polar surface area (TPSA) is 121 Å². The second-order valence-electron chi connectivity index (χ2n) is 4.19. The van der Waals surface area contributed by atoms with Gasteiger partial charge in [0.15, 0.2) is 5.84 Å². The van der Waals surface area contributed by atoms with Crippen LogP contribution in [0.1, 0.15) is 29.9 Å². The van der Waals surface area contributed by atoms with Gasteiger partial charge in [-0.2, -0.15) is 0 Å². The summed E-state index contributed by atoms with van der Waals surface area (Å²) >= 11 is 0. The molecule has 1 aromatic heterocycles. The predicted molar refractivity (Wildman–Crippen MR) is 77.0 cm³/mol. The number of hydrogen-bond donors (Lipinski definition) is 3. The largest absolute Gasteiger partial charge is 0.409 e. The highest BCUT2D eigenvalue weighted by Crippen LogP contribution is 2.04. The summed E-state index contributed by atoms with van der Waals surface area (Å²) in [5.74, 6) is -0.660. The lowest BCUT2D eigenvalue weighted by molar-refractivity contribution is -0.121. The number of amidine groups is 1. The van der Waals surface area contributed by atoms with Gasteiger partial charge in [0.05, 0.1) is 6.54 Å². The maximum Gasteiger partial charge on any atom is 0.272 e. The molecule has 0 saturated heterocycles. The monoisotopic (exact) mass is 293 g/mol. The van der Waals surface area contributed by atoms with Gasteiger partial charge in [-0.3, -0.25) is 14.6 Å². The van der Waals surface area contributed by atoms with E-state index in [0.717, 1.165) is 0 Å². The van der Waals surface area contributed by atoms with Crippen LogP contribution in [0.3, 0.4) is 0 Å². The first-order valence-corrected chi connectivity index (χ1v) is 6.53. The quantitative estimate of drug-likeness (QED) is 0.290. The van der Waals surface area contributed by atoms with E-state index in [0.29, 0.717) is 18.7 Å². The van der Waals surface area contributed by atoms with Gasteiger partial charge in [-0.25, -0.2) is 0 Å². The lowest BCUT2D eigenvalue weighted by Gasteiger charge is -2.19. The van der Waals surface area contributed by atoms with E-state index in [2.05, 4.69) is 15.5 Å². The normalized spacial score (nSPS) is 11.0. The Morgan fingerprint density at radius 3 is 2.62 bits per heavy atom. The molecular formula is C13H19N5O3. The third-order valence-corrected chi connectivity index (χ3v) is 2.76. The second-order valence-corrected chi connectivity index (χ2v) is 4.19. The minimum Gasteiger partial charge on any atom is -0.409 e. The molecule has 0 spiro atoms. The van der Waals surface area contributed by atoms with Crippen LogP contribution in [0.2, 0.25) is 0 Å². The lowest BCUT2D eigenvalue weighted by atomic mass is 10.2. The van der Waals surface area contributed by atoms with E-state index in [-0.39, 0.29) is 29.9 Å². The molecule has 1 heterocycles. The van der Waals surface area contributed by atoms with Crippen molar-refractivity contribution in [3.05, 3.63) is 29.6 Å². The van der Waals surface area contributed by atoms with E-state index >= 15 is 0 Å². The van der Waals surface area contributed by atoms with E-state index in [1.165, 1.54) is 23.2 Å². The molecule has 0 aliphatic heterocycles. The van der Waals surface area contributed by atoms with Crippen molar-refractivity contribution in [1.82, 2.24) is 15.2 Å². The molecule has 0 aliphatic carbocycles. The highest BCUT2D eigenvalue weighted by molar-refractivity contribution is 5.98. The molecule has 0 aliphatic rings. The number of nitrogens with two attached hydrogens (primary N) is 1. The fraction of sp³-hybridized carbons (Fsp3) is 0.385. The molecule has 4 N–H and O–H groups in total. The summed E-state index contributed by atoms with van der Waals surface area (Å²) in [6.07, 6.45) is 1.34. The number of carbonyl (C=O) groups excluding carboxylic acids is 2. The number of nitrogens with zero attached hydrogens (tertiary/aromatic N) is 3. The van der Waals surface area contributed by atoms with Gasteiger partial charge in [-0.05, 0) is 26.0 Å². The SMILES string of the molecule is CCNC(=O)CN(CC)C(=O)c1ccc(C(N)=NO)cn1. The number of nitrogens with one attached hydrogen (secondary N) is 1. The Balaban J connectivity index is 2.83. The smallest absolute Gasteiger partial charge is 0.272 e. The second kappa shape index (κ2) is 7.83. The third kappa shape index (κ3) is 4.44. The first-order chi connectivity index (χ1) is 10.0. The zero-order valence-electron chi connectivity index (χ0n) is 12.0. The van der Waals surface area contributed by atoms with Crippen LogP contribution in [0, 0.1) is 0 Å². The summed E-state index contributed by atoms with van der Waals surface area (Å²) < 4.78 is 0. The molecule has 0 bridgehead atoms. The van der Waals surface area contributed by atoms with Crippen molar-refractivity contribution in [2.24, 2.45) is 10.9 Å². The summed E-state index contributed by atoms with van der Waals surface area (Å²) in [6, 6.07) is 2.99. The molecule has 114 valence electrons. The molecule has 2 amide bonds. The lowest BCUT2D eigenvalue weighted by Crippen LogP contribution is -2.40. The van der Waals surface area contributed by atoms with Gasteiger partial charge in [-0.1, -0.05) is 5.16 Å². The van der Waals surface area contributed by atoms with Crippen molar-refractivity contribution >= 4 is 17.6 Å². The summed E-state index contributed by atoms with van der Waals surface area (Å²) in [5, 5.41) is 14.0. The number of pyridine rings is 1. The molecule has 1 aromatic rings. The average molecular weight is 293 g/mol. The van der Waals surface area contributed by atoms with Crippen molar-refractivity contribution in [3.63, 3.8) is 0 Å². The molecule has 0 aromatic carbocycles. The van der Waals surface area contributed by atoms with E-state index in [9.17, 15) is 9.59 Å². The summed E-state index contributed by atoms with van der Waals surface area (Å²) in [4.78, 5) is 29.1. The van der Waals surface area contributed by atoms with E-state index < -0.39 is 0 Å². The van der Waals surface area contributed by atoms with Gasteiger partial charge in [-0.15, -0.1) is 0 Å². The minimum atomic E-state index is -0.352. The number of carbonyl (C=O) groups is 2. The zero-order chi connectivity index (χ0) is 15.8. The van der Waals surface area contributed by atoms with Gasteiger partial charge < -0.3 is 21.2 Å². The van der Waals surface area contributed by atoms with Gasteiger partial charge in [0.25, 0.3) is 5.91 Å². The third-order valence-electron chi connectivity index (χ3n) is 2.76. The van der Waals surface area contributed by atoms with Crippen molar-refractivity contribution in [2.75, 3.05) is 19.6 Å². The molecule has 0 atom stereocenters. The Labute approximate surface area is 122 Å². The van der Waals surface area contributed by atoms with Crippen molar-refractivity contribution in [2.45, 2.75) is 13.8 Å². The van der Waals surface area contributed by atoms with E-state index in [1.807, 2.05) is 6.92 Å². The fourth-order valence-electron chi connectivity index (χ4n) is 1.65. The van der Waals surface area contributed by atoms with Crippen LogP contribution in [0.25, 0.3) is 0 Å². The zero-order valence-corrected chi connectivity index (χ0v) is 12.0. The molecule has 1 rings (SSSR count). The number of likely N-dealkylation sites (N-methyl/N-ethyl adjacent to an activating group) is 2. The highest BCUT2D eigenvalue weighted by atomic mass is 16.4. The van der Waals surface area contributed by atoms with E-state index in [4.69, 9.17) is 10.9 Å². The van der Waals surface area contributed by atoms with Crippen LogP contribution in [0.4, 0.5) is 0 Å². The Hall–Kier alpha value is -2.64. The Morgan fingerprint density at radius 1 is 1.43 bits per heavy atom. The molecule has 8 nitrogen and oxygen atoms in total. The number of hydrogen-bond acceptors (Lipinski definition) is 5. The van der Waals surface area contributed by atoms with Gasteiger partial charge in [0.2, 0.25) is 5.91 Å². The van der Waals surface area contributed by atoms with E-state index in [1.54, 1.807) is 6.92 Å².